The Hall–Kier alpha value is -0.570. The van der Waals surface area contributed by atoms with Crippen molar-refractivity contribution < 1.29 is 15.0 Å². The molecule has 3 heteroatoms. The van der Waals surface area contributed by atoms with Crippen LogP contribution in [0.3, 0.4) is 0 Å². The molecule has 0 aromatic rings. The molecule has 0 saturated heterocycles. The second kappa shape index (κ2) is 4.97. The first-order valence-corrected chi connectivity index (χ1v) is 5.98. The molecule has 88 valence electrons. The smallest absolute Gasteiger partial charge is 0.335 e. The van der Waals surface area contributed by atoms with Crippen LogP contribution >= 0.6 is 0 Å². The molecular formula is C12H22O3. The Bertz CT molecular complexity index is 227. The Labute approximate surface area is 91.5 Å². The second-order valence-corrected chi connectivity index (χ2v) is 4.85. The van der Waals surface area contributed by atoms with Crippen LogP contribution in [0, 0.1) is 11.8 Å². The highest BCUT2D eigenvalue weighted by molar-refractivity contribution is 5.77. The third kappa shape index (κ3) is 2.51. The van der Waals surface area contributed by atoms with Gasteiger partial charge in [-0.2, -0.15) is 0 Å². The highest BCUT2D eigenvalue weighted by atomic mass is 16.4. The van der Waals surface area contributed by atoms with Crippen LogP contribution in [0.2, 0.25) is 0 Å². The van der Waals surface area contributed by atoms with Crippen molar-refractivity contribution >= 4 is 5.97 Å². The van der Waals surface area contributed by atoms with Crippen molar-refractivity contribution in [1.29, 1.82) is 0 Å². The molecule has 0 amide bonds. The molecule has 15 heavy (non-hydrogen) atoms. The number of carbonyl (C=O) groups is 1. The molecule has 0 radical (unpaired) electrons. The molecule has 3 unspecified atom stereocenters. The van der Waals surface area contributed by atoms with Crippen LogP contribution < -0.4 is 0 Å². The monoisotopic (exact) mass is 214 g/mol. The standard InChI is InChI=1S/C12H22O3/c1-3-8-12(15,11(13)14)10-7-5-4-6-9(10)2/h9-10,15H,3-8H2,1-2H3,(H,13,14). The SMILES string of the molecule is CCCC(O)(C(=O)O)C1CCCCC1C. The van der Waals surface area contributed by atoms with Gasteiger partial charge in [-0.25, -0.2) is 4.79 Å². The summed E-state index contributed by atoms with van der Waals surface area (Å²) >= 11 is 0. The van der Waals surface area contributed by atoms with Gasteiger partial charge in [0.25, 0.3) is 0 Å². The van der Waals surface area contributed by atoms with Gasteiger partial charge in [0.2, 0.25) is 0 Å². The minimum Gasteiger partial charge on any atom is -0.479 e. The van der Waals surface area contributed by atoms with Crippen molar-refractivity contribution in [2.75, 3.05) is 0 Å². The first kappa shape index (κ1) is 12.5. The fourth-order valence-electron chi connectivity index (χ4n) is 2.86. The number of hydrogen-bond acceptors (Lipinski definition) is 2. The van der Waals surface area contributed by atoms with Crippen LogP contribution in [0.5, 0.6) is 0 Å². The molecule has 1 aliphatic rings. The zero-order valence-corrected chi connectivity index (χ0v) is 9.70. The van der Waals surface area contributed by atoms with Crippen molar-refractivity contribution in [3.05, 3.63) is 0 Å². The van der Waals surface area contributed by atoms with Gasteiger partial charge in [0.15, 0.2) is 5.60 Å². The van der Waals surface area contributed by atoms with E-state index in [1.54, 1.807) is 0 Å². The van der Waals surface area contributed by atoms with E-state index in [0.717, 1.165) is 19.3 Å². The molecule has 1 aliphatic carbocycles. The molecular weight excluding hydrogens is 192 g/mol. The van der Waals surface area contributed by atoms with Crippen LogP contribution in [0.1, 0.15) is 52.4 Å². The maximum absolute atomic E-state index is 11.2. The molecule has 3 nitrogen and oxygen atoms in total. The summed E-state index contributed by atoms with van der Waals surface area (Å²) in [6.45, 7) is 3.98. The number of carboxylic acid groups (broad SMARTS) is 1. The molecule has 1 fully saturated rings. The minimum atomic E-state index is -1.49. The Kier molecular flexibility index (Phi) is 4.14. The predicted molar refractivity (Wildman–Crippen MR) is 58.6 cm³/mol. The van der Waals surface area contributed by atoms with E-state index in [1.807, 2.05) is 6.92 Å². The normalized spacial score (nSPS) is 30.9. The van der Waals surface area contributed by atoms with Crippen LogP contribution in [-0.4, -0.2) is 21.8 Å². The quantitative estimate of drug-likeness (QED) is 0.755. The summed E-state index contributed by atoms with van der Waals surface area (Å²) in [5.41, 5.74) is -1.49. The summed E-state index contributed by atoms with van der Waals surface area (Å²) < 4.78 is 0. The average molecular weight is 214 g/mol. The van der Waals surface area contributed by atoms with Gasteiger partial charge in [-0.15, -0.1) is 0 Å². The van der Waals surface area contributed by atoms with Crippen LogP contribution in [0.15, 0.2) is 0 Å². The van der Waals surface area contributed by atoms with Crippen LogP contribution in [0.25, 0.3) is 0 Å². The number of aliphatic hydroxyl groups is 1. The molecule has 1 saturated carbocycles. The number of hydrogen-bond donors (Lipinski definition) is 2. The number of carboxylic acids is 1. The van der Waals surface area contributed by atoms with E-state index in [1.165, 1.54) is 6.42 Å². The predicted octanol–water partition coefficient (Wildman–Crippen LogP) is 2.43. The second-order valence-electron chi connectivity index (χ2n) is 4.85. The Morgan fingerprint density at radius 3 is 2.47 bits per heavy atom. The van der Waals surface area contributed by atoms with Gasteiger partial charge in [-0.1, -0.05) is 39.5 Å². The minimum absolute atomic E-state index is 0.0660. The van der Waals surface area contributed by atoms with Gasteiger partial charge in [0.05, 0.1) is 0 Å². The summed E-state index contributed by atoms with van der Waals surface area (Å²) in [7, 11) is 0. The summed E-state index contributed by atoms with van der Waals surface area (Å²) in [6.07, 6.45) is 5.20. The van der Waals surface area contributed by atoms with Crippen molar-refractivity contribution in [1.82, 2.24) is 0 Å². The Morgan fingerprint density at radius 1 is 1.40 bits per heavy atom. The van der Waals surface area contributed by atoms with E-state index < -0.39 is 11.6 Å². The Balaban J connectivity index is 2.82. The van der Waals surface area contributed by atoms with Gasteiger partial charge in [-0.05, 0) is 18.8 Å². The van der Waals surface area contributed by atoms with Crippen molar-refractivity contribution in [3.63, 3.8) is 0 Å². The highest BCUT2D eigenvalue weighted by Crippen LogP contribution is 2.39. The lowest BCUT2D eigenvalue weighted by atomic mass is 9.69. The molecule has 1 rings (SSSR count). The lowest BCUT2D eigenvalue weighted by Gasteiger charge is -2.39. The summed E-state index contributed by atoms with van der Waals surface area (Å²) in [6, 6.07) is 0. The van der Waals surface area contributed by atoms with Crippen LogP contribution in [0.4, 0.5) is 0 Å². The molecule has 0 bridgehead atoms. The third-order valence-corrected chi connectivity index (χ3v) is 3.73. The average Bonchev–Trinajstić information content (AvgIpc) is 2.18. The van der Waals surface area contributed by atoms with Crippen molar-refractivity contribution in [3.8, 4) is 0 Å². The maximum atomic E-state index is 11.2. The van der Waals surface area contributed by atoms with E-state index in [2.05, 4.69) is 6.92 Å². The number of rotatable bonds is 4. The molecule has 0 aromatic carbocycles. The van der Waals surface area contributed by atoms with Gasteiger partial charge >= 0.3 is 5.97 Å². The zero-order chi connectivity index (χ0) is 11.5. The van der Waals surface area contributed by atoms with Gasteiger partial charge < -0.3 is 10.2 Å². The topological polar surface area (TPSA) is 57.5 Å². The van der Waals surface area contributed by atoms with E-state index in [4.69, 9.17) is 0 Å². The lowest BCUT2D eigenvalue weighted by molar-refractivity contribution is -0.170. The molecule has 0 aliphatic heterocycles. The van der Waals surface area contributed by atoms with Gasteiger partial charge in [-0.3, -0.25) is 0 Å². The molecule has 0 aromatic heterocycles. The lowest BCUT2D eigenvalue weighted by Crippen LogP contribution is -2.49. The third-order valence-electron chi connectivity index (χ3n) is 3.73. The highest BCUT2D eigenvalue weighted by Gasteiger charge is 2.46. The molecule has 2 N–H and O–H groups in total. The summed E-state index contributed by atoms with van der Waals surface area (Å²) in [4.78, 5) is 11.2. The fraction of sp³-hybridized carbons (Fsp3) is 0.917. The zero-order valence-electron chi connectivity index (χ0n) is 9.70. The van der Waals surface area contributed by atoms with Crippen LogP contribution in [-0.2, 0) is 4.79 Å². The number of aliphatic carboxylic acids is 1. The molecule has 0 heterocycles. The maximum Gasteiger partial charge on any atom is 0.335 e. The first-order chi connectivity index (χ1) is 7.02. The van der Waals surface area contributed by atoms with Gasteiger partial charge in [0, 0.05) is 5.92 Å². The van der Waals surface area contributed by atoms with E-state index >= 15 is 0 Å². The largest absolute Gasteiger partial charge is 0.479 e. The summed E-state index contributed by atoms with van der Waals surface area (Å²) in [5, 5.41) is 19.5. The molecule has 0 spiro atoms. The first-order valence-electron chi connectivity index (χ1n) is 5.98. The van der Waals surface area contributed by atoms with E-state index in [0.29, 0.717) is 18.8 Å². The summed E-state index contributed by atoms with van der Waals surface area (Å²) in [5.74, 6) is -0.779. The van der Waals surface area contributed by atoms with E-state index in [9.17, 15) is 15.0 Å². The van der Waals surface area contributed by atoms with Crippen molar-refractivity contribution in [2.24, 2.45) is 11.8 Å². The van der Waals surface area contributed by atoms with Gasteiger partial charge in [0.1, 0.15) is 0 Å². The fourth-order valence-corrected chi connectivity index (χ4v) is 2.86. The molecule has 3 atom stereocenters. The van der Waals surface area contributed by atoms with E-state index in [-0.39, 0.29) is 5.92 Å². The van der Waals surface area contributed by atoms with Crippen molar-refractivity contribution in [2.45, 2.75) is 58.0 Å². The Morgan fingerprint density at radius 2 is 2.00 bits per heavy atom.